The Morgan fingerprint density at radius 1 is 1.22 bits per heavy atom. The Balaban J connectivity index is 1.83. The fourth-order valence-electron chi connectivity index (χ4n) is 3.32. The number of halogens is 1. The lowest BCUT2D eigenvalue weighted by atomic mass is 9.78. The number of aryl methyl sites for hydroxylation is 1. The topological polar surface area (TPSA) is 23.8 Å². The molecule has 0 amide bonds. The molecule has 1 aliphatic rings. The van der Waals surface area contributed by atoms with Crippen LogP contribution in [0, 0.1) is 17.2 Å². The van der Waals surface area contributed by atoms with Gasteiger partial charge in [-0.25, -0.2) is 0 Å². The molecule has 1 aromatic rings. The highest BCUT2D eigenvalue weighted by atomic mass is 19.1. The second-order valence-electron chi connectivity index (χ2n) is 6.47. The highest BCUT2D eigenvalue weighted by molar-refractivity contribution is 5.26. The molecule has 122 valence electrons. The van der Waals surface area contributed by atoms with Crippen molar-refractivity contribution in [3.05, 3.63) is 59.4 Å². The number of nitrogens with zero attached hydrogens (tertiary/aromatic N) is 1. The predicted molar refractivity (Wildman–Crippen MR) is 93.7 cm³/mol. The molecule has 0 bridgehead atoms. The molecule has 1 nitrogen and oxygen atoms in total. The Morgan fingerprint density at radius 2 is 1.91 bits per heavy atom. The number of rotatable bonds is 6. The minimum atomic E-state index is -0.724. The summed E-state index contributed by atoms with van der Waals surface area (Å²) in [6, 6.07) is 10.7. The quantitative estimate of drug-likeness (QED) is 0.451. The van der Waals surface area contributed by atoms with Crippen LogP contribution < -0.4 is 0 Å². The summed E-state index contributed by atoms with van der Waals surface area (Å²) in [6.45, 7) is 2.23. The van der Waals surface area contributed by atoms with Crippen LogP contribution in [0.15, 0.2) is 48.3 Å². The lowest BCUT2D eigenvalue weighted by Crippen LogP contribution is -2.11. The first-order chi connectivity index (χ1) is 11.2. The zero-order chi connectivity index (χ0) is 16.5. The number of unbranched alkanes of at least 4 members (excludes halogenated alkanes) is 1. The maximum Gasteiger partial charge on any atom is 0.199 e. The largest absolute Gasteiger partial charge is 0.199 e. The first-order valence-corrected chi connectivity index (χ1v) is 8.75. The first-order valence-electron chi connectivity index (χ1n) is 8.75. The Bertz CT molecular complexity index is 569. The van der Waals surface area contributed by atoms with E-state index >= 15 is 0 Å². The summed E-state index contributed by atoms with van der Waals surface area (Å²) in [5, 5.41) is 8.37. The average Bonchev–Trinajstić information content (AvgIpc) is 2.61. The van der Waals surface area contributed by atoms with Crippen molar-refractivity contribution < 1.29 is 4.39 Å². The van der Waals surface area contributed by atoms with Crippen molar-refractivity contribution in [2.24, 2.45) is 5.92 Å². The molecule has 0 atom stereocenters. The van der Waals surface area contributed by atoms with E-state index in [0.717, 1.165) is 12.8 Å². The van der Waals surface area contributed by atoms with Crippen molar-refractivity contribution in [3.63, 3.8) is 0 Å². The normalized spacial score (nSPS) is 22.2. The van der Waals surface area contributed by atoms with Crippen LogP contribution in [-0.4, -0.2) is 0 Å². The number of hydrogen-bond acceptors (Lipinski definition) is 1. The van der Waals surface area contributed by atoms with Crippen LogP contribution in [0.5, 0.6) is 0 Å². The summed E-state index contributed by atoms with van der Waals surface area (Å²) in [5.74, 6) is 0.446. The number of nitriles is 1. The van der Waals surface area contributed by atoms with Crippen LogP contribution in [0.2, 0.25) is 0 Å². The predicted octanol–water partition coefficient (Wildman–Crippen LogP) is 6.24. The van der Waals surface area contributed by atoms with Crippen LogP contribution in [0.3, 0.4) is 0 Å². The average molecular weight is 311 g/mol. The van der Waals surface area contributed by atoms with Crippen LogP contribution >= 0.6 is 0 Å². The van der Waals surface area contributed by atoms with Crippen LogP contribution in [0.1, 0.15) is 62.5 Å². The van der Waals surface area contributed by atoms with Gasteiger partial charge in [0.25, 0.3) is 0 Å². The minimum Gasteiger partial charge on any atom is -0.195 e. The van der Waals surface area contributed by atoms with Crippen molar-refractivity contribution >= 4 is 0 Å². The zero-order valence-corrected chi connectivity index (χ0v) is 14.0. The molecule has 0 aliphatic heterocycles. The third-order valence-corrected chi connectivity index (χ3v) is 4.77. The van der Waals surface area contributed by atoms with Gasteiger partial charge in [-0.3, -0.25) is 0 Å². The summed E-state index contributed by atoms with van der Waals surface area (Å²) in [6.07, 6.45) is 13.3. The lowest BCUT2D eigenvalue weighted by Gasteiger charge is -2.27. The van der Waals surface area contributed by atoms with Gasteiger partial charge in [-0.2, -0.15) is 9.65 Å². The zero-order valence-electron chi connectivity index (χ0n) is 14.0. The van der Waals surface area contributed by atoms with Crippen molar-refractivity contribution in [2.45, 2.75) is 57.8 Å². The van der Waals surface area contributed by atoms with Gasteiger partial charge in [-0.05, 0) is 67.6 Å². The summed E-state index contributed by atoms with van der Waals surface area (Å²) < 4.78 is 12.7. The van der Waals surface area contributed by atoms with E-state index in [1.165, 1.54) is 55.4 Å². The van der Waals surface area contributed by atoms with E-state index in [-0.39, 0.29) is 0 Å². The highest BCUT2D eigenvalue weighted by Gasteiger charge is 2.20. The number of hydrogen-bond donors (Lipinski definition) is 0. The molecule has 1 saturated carbocycles. The molecular weight excluding hydrogens is 285 g/mol. The molecular formula is C21H26FN. The second kappa shape index (κ2) is 9.30. The monoisotopic (exact) mass is 311 g/mol. The molecule has 0 saturated heterocycles. The molecule has 0 radical (unpaired) electrons. The van der Waals surface area contributed by atoms with Gasteiger partial charge in [-0.1, -0.05) is 49.8 Å². The molecule has 0 aromatic heterocycles. The van der Waals surface area contributed by atoms with Crippen LogP contribution in [-0.2, 0) is 6.42 Å². The molecule has 0 spiro atoms. The number of allylic oxidation sites excluding steroid dienone is 4. The SMILES string of the molecule is CCCCc1ccc(C2CCC(/C=C/C=C(\F)C#N)CC2)cc1. The first kappa shape index (κ1) is 17.5. The van der Waals surface area contributed by atoms with Gasteiger partial charge in [0.15, 0.2) is 5.83 Å². The summed E-state index contributed by atoms with van der Waals surface area (Å²) in [5.41, 5.74) is 2.90. The van der Waals surface area contributed by atoms with E-state index in [1.807, 2.05) is 6.08 Å². The molecule has 0 N–H and O–H groups in total. The van der Waals surface area contributed by atoms with Crippen molar-refractivity contribution in [1.29, 1.82) is 5.26 Å². The molecule has 1 fully saturated rings. The molecule has 0 unspecified atom stereocenters. The molecule has 0 heterocycles. The van der Waals surface area contributed by atoms with Gasteiger partial charge in [0, 0.05) is 0 Å². The van der Waals surface area contributed by atoms with Crippen molar-refractivity contribution in [2.75, 3.05) is 0 Å². The summed E-state index contributed by atoms with van der Waals surface area (Å²) >= 11 is 0. The molecule has 1 aliphatic carbocycles. The third-order valence-electron chi connectivity index (χ3n) is 4.77. The maximum absolute atomic E-state index is 12.7. The molecule has 2 rings (SSSR count). The Hall–Kier alpha value is -1.88. The third kappa shape index (κ3) is 5.67. The van der Waals surface area contributed by atoms with E-state index in [0.29, 0.717) is 11.8 Å². The Labute approximate surface area is 139 Å². The molecule has 2 heteroatoms. The highest BCUT2D eigenvalue weighted by Crippen LogP contribution is 2.36. The molecule has 23 heavy (non-hydrogen) atoms. The van der Waals surface area contributed by atoms with Gasteiger partial charge in [0.2, 0.25) is 0 Å². The molecule has 1 aromatic carbocycles. The smallest absolute Gasteiger partial charge is 0.195 e. The van der Waals surface area contributed by atoms with E-state index in [2.05, 4.69) is 31.2 Å². The van der Waals surface area contributed by atoms with E-state index < -0.39 is 5.83 Å². The van der Waals surface area contributed by atoms with Crippen molar-refractivity contribution in [3.8, 4) is 6.07 Å². The van der Waals surface area contributed by atoms with Gasteiger partial charge >= 0.3 is 0 Å². The van der Waals surface area contributed by atoms with Crippen LogP contribution in [0.25, 0.3) is 0 Å². The minimum absolute atomic E-state index is 0.512. The lowest BCUT2D eigenvalue weighted by molar-refractivity contribution is 0.376. The fraction of sp³-hybridized carbons (Fsp3) is 0.476. The number of benzene rings is 1. The van der Waals surface area contributed by atoms with Gasteiger partial charge in [0.05, 0.1) is 0 Å². The second-order valence-corrected chi connectivity index (χ2v) is 6.47. The summed E-state index contributed by atoms with van der Waals surface area (Å²) in [4.78, 5) is 0. The van der Waals surface area contributed by atoms with E-state index in [9.17, 15) is 4.39 Å². The fourth-order valence-corrected chi connectivity index (χ4v) is 3.32. The van der Waals surface area contributed by atoms with Gasteiger partial charge < -0.3 is 0 Å². The standard InChI is InChI=1S/C21H26FN/c1-2-3-5-17-8-12-19(13-9-17)20-14-10-18(11-15-20)6-4-7-21(22)16-23/h4,6-9,12-13,18,20H,2-3,5,10-11,14-15H2,1H3/b6-4+,21-7-. The van der Waals surface area contributed by atoms with E-state index in [1.54, 1.807) is 6.08 Å². The Morgan fingerprint density at radius 3 is 2.52 bits per heavy atom. The van der Waals surface area contributed by atoms with Crippen molar-refractivity contribution in [1.82, 2.24) is 0 Å². The van der Waals surface area contributed by atoms with Gasteiger partial charge in [-0.15, -0.1) is 0 Å². The van der Waals surface area contributed by atoms with Crippen LogP contribution in [0.4, 0.5) is 4.39 Å². The van der Waals surface area contributed by atoms with E-state index in [4.69, 9.17) is 5.26 Å². The van der Waals surface area contributed by atoms with Gasteiger partial charge in [0.1, 0.15) is 6.07 Å². The summed E-state index contributed by atoms with van der Waals surface area (Å²) in [7, 11) is 0. The Kier molecular flexibility index (Phi) is 7.07. The maximum atomic E-state index is 12.7.